The molecule has 4 rings (SSSR count). The summed E-state index contributed by atoms with van der Waals surface area (Å²) in [7, 11) is 0. The van der Waals surface area contributed by atoms with Crippen LogP contribution in [0.5, 0.6) is 5.75 Å². The average Bonchev–Trinajstić information content (AvgIpc) is 3.00. The zero-order chi connectivity index (χ0) is 16.9. The molecule has 1 amide bonds. The number of carbonyl (C=O) groups is 1. The van der Waals surface area contributed by atoms with E-state index in [1.165, 1.54) is 6.20 Å². The normalized spacial score (nSPS) is 14.2. The second-order valence-electron chi connectivity index (χ2n) is 5.37. The second-order valence-corrected chi connectivity index (χ2v) is 5.37. The molecule has 0 radical (unpaired) electrons. The minimum Gasteiger partial charge on any atom is -0.481 e. The van der Waals surface area contributed by atoms with Crippen molar-refractivity contribution in [2.75, 3.05) is 11.9 Å². The van der Waals surface area contributed by atoms with E-state index in [1.54, 1.807) is 18.2 Å². The first-order chi connectivity index (χ1) is 11.4. The van der Waals surface area contributed by atoms with Crippen LogP contribution in [0.25, 0.3) is 22.0 Å². The number of halogens is 3. The van der Waals surface area contributed by atoms with Gasteiger partial charge >= 0.3 is 6.18 Å². The molecule has 0 unspecified atom stereocenters. The number of carbonyl (C=O) groups excluding carboxylic acids is 1. The van der Waals surface area contributed by atoms with E-state index in [-0.39, 0.29) is 18.0 Å². The molecule has 2 heterocycles. The minimum absolute atomic E-state index is 0.183. The fourth-order valence-corrected chi connectivity index (χ4v) is 2.76. The molecule has 1 aliphatic rings. The third-order valence-electron chi connectivity index (χ3n) is 3.81. The van der Waals surface area contributed by atoms with Gasteiger partial charge in [0.25, 0.3) is 5.91 Å². The molecule has 0 bridgehead atoms. The molecular formula is C16H10F3N3O2. The van der Waals surface area contributed by atoms with Crippen molar-refractivity contribution in [2.24, 2.45) is 0 Å². The molecule has 1 aliphatic heterocycles. The summed E-state index contributed by atoms with van der Waals surface area (Å²) in [6.45, 7) is -0.183. The number of amides is 1. The fourth-order valence-electron chi connectivity index (χ4n) is 2.76. The number of aromatic nitrogens is 2. The number of alkyl halides is 3. The molecule has 2 N–H and O–H groups in total. The van der Waals surface area contributed by atoms with E-state index in [9.17, 15) is 18.0 Å². The Morgan fingerprint density at radius 1 is 1.17 bits per heavy atom. The van der Waals surface area contributed by atoms with Crippen LogP contribution in [0.15, 0.2) is 36.5 Å². The highest BCUT2D eigenvalue weighted by Crippen LogP contribution is 2.43. The highest BCUT2D eigenvalue weighted by Gasteiger charge is 2.32. The number of benzene rings is 2. The van der Waals surface area contributed by atoms with Gasteiger partial charge in [-0.1, -0.05) is 12.1 Å². The summed E-state index contributed by atoms with van der Waals surface area (Å²) in [4.78, 5) is 11.4. The van der Waals surface area contributed by atoms with Crippen LogP contribution in [0.3, 0.4) is 0 Å². The van der Waals surface area contributed by atoms with E-state index in [0.29, 0.717) is 28.0 Å². The number of aromatic amines is 1. The van der Waals surface area contributed by atoms with Gasteiger partial charge in [-0.05, 0) is 23.8 Å². The van der Waals surface area contributed by atoms with E-state index < -0.39 is 11.7 Å². The fraction of sp³-hybridized carbons (Fsp3) is 0.125. The van der Waals surface area contributed by atoms with Crippen molar-refractivity contribution >= 4 is 22.5 Å². The number of fused-ring (bicyclic) bond motifs is 2. The van der Waals surface area contributed by atoms with E-state index in [4.69, 9.17) is 4.74 Å². The molecule has 0 spiro atoms. The van der Waals surface area contributed by atoms with Crippen LogP contribution in [0.1, 0.15) is 5.56 Å². The van der Waals surface area contributed by atoms with Crippen LogP contribution in [-0.2, 0) is 11.0 Å². The van der Waals surface area contributed by atoms with Crippen LogP contribution >= 0.6 is 0 Å². The summed E-state index contributed by atoms with van der Waals surface area (Å²) in [5.41, 5.74) is 0.716. The molecule has 0 fully saturated rings. The lowest BCUT2D eigenvalue weighted by Crippen LogP contribution is -2.25. The SMILES string of the molecule is O=C1COc2c(cccc2-c2cc(C(F)(F)F)cc3[nH]ncc23)N1. The smallest absolute Gasteiger partial charge is 0.416 e. The van der Waals surface area contributed by atoms with Gasteiger partial charge in [0.2, 0.25) is 0 Å². The molecule has 24 heavy (non-hydrogen) atoms. The molecule has 8 heteroatoms. The van der Waals surface area contributed by atoms with E-state index >= 15 is 0 Å². The van der Waals surface area contributed by atoms with E-state index in [2.05, 4.69) is 15.5 Å². The van der Waals surface area contributed by atoms with Crippen molar-refractivity contribution in [3.63, 3.8) is 0 Å². The summed E-state index contributed by atoms with van der Waals surface area (Å²) >= 11 is 0. The van der Waals surface area contributed by atoms with Crippen LogP contribution in [-0.4, -0.2) is 22.7 Å². The maximum Gasteiger partial charge on any atom is 0.416 e. The molecule has 0 saturated carbocycles. The number of anilines is 1. The van der Waals surface area contributed by atoms with Crippen molar-refractivity contribution < 1.29 is 22.7 Å². The van der Waals surface area contributed by atoms with Gasteiger partial charge in [0, 0.05) is 10.9 Å². The standard InChI is InChI=1S/C16H10F3N3O2/c17-16(18,19)8-4-10(11-6-20-22-13(11)5-8)9-2-1-3-12-15(9)24-7-14(23)21-12/h1-6H,7H2,(H,20,22)(H,21,23). The number of ether oxygens (including phenoxy) is 1. The van der Waals surface area contributed by atoms with Gasteiger partial charge in [0.05, 0.1) is 23.0 Å². The average molecular weight is 333 g/mol. The first-order valence-electron chi connectivity index (χ1n) is 7.04. The Morgan fingerprint density at radius 3 is 2.79 bits per heavy atom. The predicted molar refractivity (Wildman–Crippen MR) is 80.7 cm³/mol. The van der Waals surface area contributed by atoms with Crippen molar-refractivity contribution in [3.05, 3.63) is 42.1 Å². The Hall–Kier alpha value is -3.03. The Kier molecular flexibility index (Phi) is 3.02. The third-order valence-corrected chi connectivity index (χ3v) is 3.81. The number of rotatable bonds is 1. The van der Waals surface area contributed by atoms with Gasteiger partial charge in [0.15, 0.2) is 12.4 Å². The summed E-state index contributed by atoms with van der Waals surface area (Å²) in [5.74, 6) is 0.0380. The van der Waals surface area contributed by atoms with Gasteiger partial charge in [-0.3, -0.25) is 9.89 Å². The highest BCUT2D eigenvalue weighted by molar-refractivity contribution is 6.01. The third kappa shape index (κ3) is 2.27. The Morgan fingerprint density at radius 2 is 2.00 bits per heavy atom. The van der Waals surface area contributed by atoms with Crippen molar-refractivity contribution in [1.29, 1.82) is 0 Å². The molecule has 122 valence electrons. The topological polar surface area (TPSA) is 67.0 Å². The van der Waals surface area contributed by atoms with Gasteiger partial charge in [-0.2, -0.15) is 18.3 Å². The number of H-pyrrole nitrogens is 1. The number of para-hydroxylation sites is 1. The largest absolute Gasteiger partial charge is 0.481 e. The number of nitrogens with one attached hydrogen (secondary N) is 2. The first-order valence-corrected chi connectivity index (χ1v) is 7.04. The molecule has 1 aromatic heterocycles. The lowest BCUT2D eigenvalue weighted by molar-refractivity contribution is -0.137. The van der Waals surface area contributed by atoms with Crippen LogP contribution in [0, 0.1) is 0 Å². The highest BCUT2D eigenvalue weighted by atomic mass is 19.4. The van der Waals surface area contributed by atoms with Crippen LogP contribution in [0.4, 0.5) is 18.9 Å². The first kappa shape index (κ1) is 14.6. The molecule has 3 aromatic rings. The van der Waals surface area contributed by atoms with Crippen LogP contribution in [0.2, 0.25) is 0 Å². The lowest BCUT2D eigenvalue weighted by atomic mass is 9.97. The van der Waals surface area contributed by atoms with Gasteiger partial charge in [-0.15, -0.1) is 0 Å². The molecule has 2 aromatic carbocycles. The van der Waals surface area contributed by atoms with Crippen molar-refractivity contribution in [2.45, 2.75) is 6.18 Å². The maximum atomic E-state index is 13.2. The lowest BCUT2D eigenvalue weighted by Gasteiger charge is -2.21. The number of hydrogen-bond acceptors (Lipinski definition) is 3. The molecule has 5 nitrogen and oxygen atoms in total. The molecule has 0 atom stereocenters. The van der Waals surface area contributed by atoms with Crippen molar-refractivity contribution in [3.8, 4) is 16.9 Å². The zero-order valence-electron chi connectivity index (χ0n) is 12.1. The number of hydrogen-bond donors (Lipinski definition) is 2. The second kappa shape index (κ2) is 4.98. The Bertz CT molecular complexity index is 963. The Balaban J connectivity index is 1.99. The van der Waals surface area contributed by atoms with Gasteiger partial charge < -0.3 is 10.1 Å². The molecule has 0 aliphatic carbocycles. The van der Waals surface area contributed by atoms with Gasteiger partial charge in [0.1, 0.15) is 0 Å². The number of nitrogens with zero attached hydrogens (tertiary/aromatic N) is 1. The molecular weight excluding hydrogens is 323 g/mol. The summed E-state index contributed by atoms with van der Waals surface area (Å²) in [6, 6.07) is 7.01. The van der Waals surface area contributed by atoms with Crippen LogP contribution < -0.4 is 10.1 Å². The predicted octanol–water partition coefficient (Wildman–Crippen LogP) is 3.58. The maximum absolute atomic E-state index is 13.2. The summed E-state index contributed by atoms with van der Waals surface area (Å²) < 4.78 is 45.0. The monoisotopic (exact) mass is 333 g/mol. The zero-order valence-corrected chi connectivity index (χ0v) is 12.1. The summed E-state index contributed by atoms with van der Waals surface area (Å²) in [5, 5.41) is 9.59. The minimum atomic E-state index is -4.49. The van der Waals surface area contributed by atoms with Gasteiger partial charge in [-0.25, -0.2) is 0 Å². The van der Waals surface area contributed by atoms with Crippen molar-refractivity contribution in [1.82, 2.24) is 10.2 Å². The Labute approximate surface area is 133 Å². The van der Waals surface area contributed by atoms with E-state index in [1.807, 2.05) is 0 Å². The molecule has 0 saturated heterocycles. The quantitative estimate of drug-likeness (QED) is 0.715. The van der Waals surface area contributed by atoms with E-state index in [0.717, 1.165) is 12.1 Å². The summed E-state index contributed by atoms with van der Waals surface area (Å²) in [6.07, 6.45) is -3.02.